The molecule has 0 fully saturated rings. The molecule has 0 amide bonds. The maximum atomic E-state index is 5.56. The van der Waals surface area contributed by atoms with E-state index in [1.54, 1.807) is 0 Å². The molecule has 3 rings (SSSR count). The summed E-state index contributed by atoms with van der Waals surface area (Å²) >= 11 is 2.24. The summed E-state index contributed by atoms with van der Waals surface area (Å²) in [6.07, 6.45) is 1.84. The van der Waals surface area contributed by atoms with Gasteiger partial charge in [-0.3, -0.25) is 0 Å². The molecule has 4 nitrogen and oxygen atoms in total. The highest BCUT2D eigenvalue weighted by Gasteiger charge is 2.11. The first-order valence-electron chi connectivity index (χ1n) is 6.05. The van der Waals surface area contributed by atoms with E-state index >= 15 is 0 Å². The minimum Gasteiger partial charge on any atom is -0.486 e. The van der Waals surface area contributed by atoms with Gasteiger partial charge in [0.25, 0.3) is 0 Å². The van der Waals surface area contributed by atoms with Gasteiger partial charge in [0.1, 0.15) is 19.0 Å². The number of rotatable bonds is 3. The Bertz CT molecular complexity index is 572. The van der Waals surface area contributed by atoms with Crippen LogP contribution in [0.3, 0.4) is 0 Å². The Morgan fingerprint density at radius 1 is 1.11 bits per heavy atom. The van der Waals surface area contributed by atoms with E-state index in [1.807, 2.05) is 36.5 Å². The van der Waals surface area contributed by atoms with Gasteiger partial charge in [0.15, 0.2) is 11.5 Å². The van der Waals surface area contributed by atoms with Crippen molar-refractivity contribution in [2.75, 3.05) is 18.5 Å². The largest absolute Gasteiger partial charge is 0.486 e. The molecular formula is C14H13IN2O2. The van der Waals surface area contributed by atoms with Gasteiger partial charge in [-0.05, 0) is 52.4 Å². The molecule has 0 saturated carbocycles. The lowest BCUT2D eigenvalue weighted by molar-refractivity contribution is 0.171. The van der Waals surface area contributed by atoms with Gasteiger partial charge in [0.2, 0.25) is 0 Å². The number of hydrogen-bond acceptors (Lipinski definition) is 4. The van der Waals surface area contributed by atoms with Crippen molar-refractivity contribution in [1.82, 2.24) is 4.98 Å². The van der Waals surface area contributed by atoms with Gasteiger partial charge in [0, 0.05) is 16.3 Å². The average Bonchev–Trinajstić information content (AvgIpc) is 2.46. The summed E-state index contributed by atoms with van der Waals surface area (Å²) in [5, 5.41) is 3.28. The topological polar surface area (TPSA) is 43.4 Å². The van der Waals surface area contributed by atoms with Crippen LogP contribution in [0.25, 0.3) is 0 Å². The van der Waals surface area contributed by atoms with Crippen molar-refractivity contribution < 1.29 is 9.47 Å². The number of nitrogens with zero attached hydrogens (tertiary/aromatic N) is 1. The van der Waals surface area contributed by atoms with Crippen molar-refractivity contribution in [2.24, 2.45) is 0 Å². The van der Waals surface area contributed by atoms with Gasteiger partial charge in [-0.25, -0.2) is 4.98 Å². The number of halogens is 1. The van der Waals surface area contributed by atoms with Gasteiger partial charge >= 0.3 is 0 Å². The first kappa shape index (κ1) is 12.5. The molecule has 5 heteroatoms. The van der Waals surface area contributed by atoms with Gasteiger partial charge in [0.05, 0.1) is 0 Å². The molecule has 2 aromatic rings. The third-order valence-corrected chi connectivity index (χ3v) is 3.45. The van der Waals surface area contributed by atoms with Crippen molar-refractivity contribution in [3.05, 3.63) is 45.7 Å². The lowest BCUT2D eigenvalue weighted by Gasteiger charge is -2.19. The number of benzene rings is 1. The Kier molecular flexibility index (Phi) is 3.72. The molecule has 0 radical (unpaired) electrons. The fourth-order valence-corrected chi connectivity index (χ4v) is 2.19. The Labute approximate surface area is 125 Å². The molecule has 1 N–H and O–H groups in total. The second kappa shape index (κ2) is 5.64. The quantitative estimate of drug-likeness (QED) is 0.846. The summed E-state index contributed by atoms with van der Waals surface area (Å²) in [4.78, 5) is 4.31. The maximum absolute atomic E-state index is 5.56. The Hall–Kier alpha value is -1.50. The van der Waals surface area contributed by atoms with E-state index in [-0.39, 0.29) is 0 Å². The van der Waals surface area contributed by atoms with E-state index in [0.717, 1.165) is 26.5 Å². The Balaban J connectivity index is 1.68. The molecule has 0 aliphatic carbocycles. The lowest BCUT2D eigenvalue weighted by Crippen LogP contribution is -2.15. The minimum absolute atomic E-state index is 0.614. The molecule has 1 aromatic heterocycles. The van der Waals surface area contributed by atoms with Crippen molar-refractivity contribution in [3.8, 4) is 11.5 Å². The molecule has 1 aromatic carbocycles. The van der Waals surface area contributed by atoms with E-state index in [9.17, 15) is 0 Å². The molecule has 0 unspecified atom stereocenters. The van der Waals surface area contributed by atoms with Gasteiger partial charge in [-0.15, -0.1) is 0 Å². The predicted octanol–water partition coefficient (Wildman–Crippen LogP) is 3.07. The number of aromatic nitrogens is 1. The van der Waals surface area contributed by atoms with Crippen LogP contribution in [-0.4, -0.2) is 18.2 Å². The van der Waals surface area contributed by atoms with Gasteiger partial charge in [-0.1, -0.05) is 6.07 Å². The molecule has 1 aliphatic heterocycles. The fraction of sp³-hybridized carbons (Fsp3) is 0.214. The van der Waals surface area contributed by atoms with Crippen molar-refractivity contribution in [3.63, 3.8) is 0 Å². The van der Waals surface area contributed by atoms with Crippen LogP contribution in [0.15, 0.2) is 36.5 Å². The molecule has 0 bridgehead atoms. The highest BCUT2D eigenvalue weighted by molar-refractivity contribution is 14.1. The van der Waals surface area contributed by atoms with Crippen molar-refractivity contribution >= 4 is 28.4 Å². The number of pyridine rings is 1. The van der Waals surface area contributed by atoms with E-state index in [2.05, 4.69) is 32.9 Å². The van der Waals surface area contributed by atoms with E-state index in [0.29, 0.717) is 19.8 Å². The molecule has 19 heavy (non-hydrogen) atoms. The first-order valence-corrected chi connectivity index (χ1v) is 7.13. The molecule has 0 atom stereocenters. The Morgan fingerprint density at radius 3 is 2.74 bits per heavy atom. The zero-order valence-electron chi connectivity index (χ0n) is 10.2. The normalized spacial score (nSPS) is 13.1. The number of hydrogen-bond donors (Lipinski definition) is 1. The summed E-state index contributed by atoms with van der Waals surface area (Å²) in [5.74, 6) is 2.51. The zero-order valence-corrected chi connectivity index (χ0v) is 12.4. The summed E-state index contributed by atoms with van der Waals surface area (Å²) in [5.41, 5.74) is 1.14. The summed E-state index contributed by atoms with van der Waals surface area (Å²) in [6.45, 7) is 1.95. The number of anilines is 1. The van der Waals surface area contributed by atoms with E-state index in [1.165, 1.54) is 0 Å². The van der Waals surface area contributed by atoms with Crippen LogP contribution >= 0.6 is 22.6 Å². The fourth-order valence-electron chi connectivity index (χ4n) is 1.87. The summed E-state index contributed by atoms with van der Waals surface area (Å²) < 4.78 is 12.2. The number of ether oxygens (including phenoxy) is 2. The zero-order chi connectivity index (χ0) is 13.1. The highest BCUT2D eigenvalue weighted by Crippen LogP contribution is 2.30. The predicted molar refractivity (Wildman–Crippen MR) is 81.7 cm³/mol. The van der Waals surface area contributed by atoms with Gasteiger partial charge < -0.3 is 14.8 Å². The standard InChI is InChI=1S/C14H13IN2O2/c15-11-2-4-14(17-9-11)16-8-10-1-3-12-13(7-10)19-6-5-18-12/h1-4,7,9H,5-6,8H2,(H,16,17). The molecule has 0 spiro atoms. The van der Waals surface area contributed by atoms with E-state index < -0.39 is 0 Å². The number of nitrogens with one attached hydrogen (secondary N) is 1. The van der Waals surface area contributed by atoms with Crippen LogP contribution < -0.4 is 14.8 Å². The van der Waals surface area contributed by atoms with Crippen LogP contribution in [0.2, 0.25) is 0 Å². The second-order valence-corrected chi connectivity index (χ2v) is 5.44. The smallest absolute Gasteiger partial charge is 0.161 e. The molecular weight excluding hydrogens is 355 g/mol. The molecule has 2 heterocycles. The van der Waals surface area contributed by atoms with Crippen LogP contribution in [0.5, 0.6) is 11.5 Å². The summed E-state index contributed by atoms with van der Waals surface area (Å²) in [6, 6.07) is 9.99. The number of fused-ring (bicyclic) bond motifs is 1. The highest BCUT2D eigenvalue weighted by atomic mass is 127. The third-order valence-electron chi connectivity index (χ3n) is 2.81. The average molecular weight is 368 g/mol. The second-order valence-electron chi connectivity index (χ2n) is 4.19. The molecule has 98 valence electrons. The lowest BCUT2D eigenvalue weighted by atomic mass is 10.2. The first-order chi connectivity index (χ1) is 9.31. The van der Waals surface area contributed by atoms with Crippen LogP contribution in [0, 0.1) is 3.57 Å². The maximum Gasteiger partial charge on any atom is 0.161 e. The van der Waals surface area contributed by atoms with E-state index in [4.69, 9.17) is 9.47 Å². The monoisotopic (exact) mass is 368 g/mol. The van der Waals surface area contributed by atoms with Crippen molar-refractivity contribution in [2.45, 2.75) is 6.54 Å². The Morgan fingerprint density at radius 2 is 1.95 bits per heavy atom. The molecule has 0 saturated heterocycles. The minimum atomic E-state index is 0.614. The van der Waals surface area contributed by atoms with Crippen LogP contribution in [0.4, 0.5) is 5.82 Å². The van der Waals surface area contributed by atoms with Crippen molar-refractivity contribution in [1.29, 1.82) is 0 Å². The third kappa shape index (κ3) is 3.09. The van der Waals surface area contributed by atoms with Crippen LogP contribution in [-0.2, 0) is 6.54 Å². The SMILES string of the molecule is Ic1ccc(NCc2ccc3c(c2)OCCO3)nc1. The van der Waals surface area contributed by atoms with Crippen LogP contribution in [0.1, 0.15) is 5.56 Å². The molecule has 1 aliphatic rings. The van der Waals surface area contributed by atoms with Gasteiger partial charge in [-0.2, -0.15) is 0 Å². The summed E-state index contributed by atoms with van der Waals surface area (Å²) in [7, 11) is 0.